The summed E-state index contributed by atoms with van der Waals surface area (Å²) in [6.45, 7) is 6.21. The molecule has 25 heavy (non-hydrogen) atoms. The van der Waals surface area contributed by atoms with Crippen LogP contribution in [0.25, 0.3) is 0 Å². The van der Waals surface area contributed by atoms with Crippen molar-refractivity contribution in [1.82, 2.24) is 4.31 Å². The molecule has 0 radical (unpaired) electrons. The average Bonchev–Trinajstić information content (AvgIpc) is 2.60. The van der Waals surface area contributed by atoms with Gasteiger partial charge in [-0.25, -0.2) is 17.6 Å². The minimum absolute atomic E-state index is 0.239. The summed E-state index contributed by atoms with van der Waals surface area (Å²) in [5, 5.41) is 3.96. The Hall–Kier alpha value is 0.0600. The van der Waals surface area contributed by atoms with E-state index in [2.05, 4.69) is 28.1 Å². The Labute approximate surface area is 155 Å². The molecule has 0 spiro atoms. The maximum atomic E-state index is 12.3. The van der Waals surface area contributed by atoms with Crippen LogP contribution in [0.4, 0.5) is 0 Å². The van der Waals surface area contributed by atoms with Gasteiger partial charge in [0.15, 0.2) is 5.79 Å². The van der Waals surface area contributed by atoms with Crippen LogP contribution >= 0.6 is 12.0 Å². The van der Waals surface area contributed by atoms with Crippen LogP contribution in [0.2, 0.25) is 0 Å². The molecule has 0 unspecified atom stereocenters. The molecule has 10 heteroatoms. The molecule has 0 bridgehead atoms. The fraction of sp³-hybridized carbons (Fsp3) is 1.00. The number of unbranched alkanes of at least 4 members (excludes halogenated alkanes) is 2. The van der Waals surface area contributed by atoms with E-state index in [1.807, 2.05) is 0 Å². The highest BCUT2D eigenvalue weighted by molar-refractivity contribution is 8.08. The summed E-state index contributed by atoms with van der Waals surface area (Å²) in [7, 11) is -2.17. The molecular weight excluding hydrogens is 370 g/mol. The number of hydrogen-bond donors (Lipinski definition) is 0. The molecule has 0 amide bonds. The zero-order valence-electron chi connectivity index (χ0n) is 15.4. The maximum Gasteiger partial charge on any atom is 0.225 e. The average molecular weight is 402 g/mol. The summed E-state index contributed by atoms with van der Waals surface area (Å²) in [5.74, 6) is -0.667. The number of sulfonamides is 1. The quantitative estimate of drug-likeness (QED) is 0.144. The number of rotatable bonds is 14. The third-order valence-electron chi connectivity index (χ3n) is 3.94. The van der Waals surface area contributed by atoms with E-state index in [1.54, 1.807) is 0 Å². The van der Waals surface area contributed by atoms with Gasteiger partial charge in [-0.3, -0.25) is 0 Å². The number of hydrogen-bond acceptors (Lipinski definition) is 8. The normalized spacial score (nSPS) is 18.5. The van der Waals surface area contributed by atoms with Crippen LogP contribution in [0.5, 0.6) is 0 Å². The highest BCUT2D eigenvalue weighted by Gasteiger charge is 2.39. The third kappa shape index (κ3) is 8.53. The number of ether oxygens (including phenoxy) is 2. The maximum absolute atomic E-state index is 12.3. The van der Waals surface area contributed by atoms with Crippen LogP contribution < -0.4 is 0 Å². The zero-order valence-corrected chi connectivity index (χ0v) is 17.0. The molecule has 1 heterocycles. The van der Waals surface area contributed by atoms with Crippen molar-refractivity contribution in [3.8, 4) is 0 Å². The lowest BCUT2D eigenvalue weighted by Crippen LogP contribution is -2.50. The summed E-state index contributed by atoms with van der Waals surface area (Å²) in [5.41, 5.74) is 0. The molecule has 8 nitrogen and oxygen atoms in total. The molecule has 1 saturated heterocycles. The molecule has 1 rings (SSSR count). The van der Waals surface area contributed by atoms with Crippen LogP contribution in [0, 0.1) is 0 Å². The van der Waals surface area contributed by atoms with E-state index in [9.17, 15) is 8.42 Å². The summed E-state index contributed by atoms with van der Waals surface area (Å²) >= 11 is 0.673. The highest BCUT2D eigenvalue weighted by Crippen LogP contribution is 2.30. The minimum Gasteiger partial charge on any atom is -0.350 e. The van der Waals surface area contributed by atoms with Crippen molar-refractivity contribution in [2.24, 2.45) is 0 Å². The second-order valence-corrected chi connectivity index (χ2v) is 8.86. The van der Waals surface area contributed by atoms with Crippen LogP contribution in [-0.2, 0) is 33.8 Å². The predicted molar refractivity (Wildman–Crippen MR) is 95.8 cm³/mol. The second kappa shape index (κ2) is 12.4. The van der Waals surface area contributed by atoms with Crippen molar-refractivity contribution in [1.29, 1.82) is 0 Å². The van der Waals surface area contributed by atoms with Gasteiger partial charge in [-0.05, 0) is 12.8 Å². The first-order valence-electron chi connectivity index (χ1n) is 8.74. The topological polar surface area (TPSA) is 83.5 Å². The van der Waals surface area contributed by atoms with Crippen LogP contribution in [0.1, 0.15) is 52.4 Å². The fourth-order valence-electron chi connectivity index (χ4n) is 2.44. The Morgan fingerprint density at radius 2 is 1.60 bits per heavy atom. The van der Waals surface area contributed by atoms with Gasteiger partial charge >= 0.3 is 0 Å². The van der Waals surface area contributed by atoms with Crippen molar-refractivity contribution < 1.29 is 32.2 Å². The molecule has 0 saturated carbocycles. The number of piperidine rings is 1. The van der Waals surface area contributed by atoms with Crippen LogP contribution in [0.3, 0.4) is 0 Å². The van der Waals surface area contributed by atoms with Gasteiger partial charge in [0, 0.05) is 25.9 Å². The Kier molecular flexibility index (Phi) is 11.5. The SMILES string of the molecule is CCCCOC1(OCCCC)CCN(S(=O)(=O)CSOOOC)CC1. The molecule has 1 fully saturated rings. The van der Waals surface area contributed by atoms with Crippen molar-refractivity contribution in [2.45, 2.75) is 58.2 Å². The smallest absolute Gasteiger partial charge is 0.225 e. The molecule has 0 aliphatic carbocycles. The summed E-state index contributed by atoms with van der Waals surface area (Å²) < 4.78 is 42.7. The Morgan fingerprint density at radius 3 is 2.08 bits per heavy atom. The Balaban J connectivity index is 2.53. The summed E-state index contributed by atoms with van der Waals surface area (Å²) in [6, 6.07) is 0. The molecule has 1 aliphatic rings. The number of nitrogens with zero attached hydrogens (tertiary/aromatic N) is 1. The van der Waals surface area contributed by atoms with Crippen molar-refractivity contribution in [3.63, 3.8) is 0 Å². The zero-order chi connectivity index (χ0) is 18.6. The van der Waals surface area contributed by atoms with Gasteiger partial charge in [-0.2, -0.15) is 0 Å². The van der Waals surface area contributed by atoms with Gasteiger partial charge < -0.3 is 9.47 Å². The van der Waals surface area contributed by atoms with E-state index in [1.165, 1.54) is 11.4 Å². The Morgan fingerprint density at radius 1 is 1.04 bits per heavy atom. The van der Waals surface area contributed by atoms with Gasteiger partial charge in [0.25, 0.3) is 0 Å². The van der Waals surface area contributed by atoms with Crippen molar-refractivity contribution in [2.75, 3.05) is 38.5 Å². The predicted octanol–water partition coefficient (Wildman–Crippen LogP) is 2.86. The first kappa shape index (κ1) is 23.1. The van der Waals surface area contributed by atoms with Crippen LogP contribution in [-0.4, -0.2) is 57.0 Å². The highest BCUT2D eigenvalue weighted by atomic mass is 32.3. The lowest BCUT2D eigenvalue weighted by molar-refractivity contribution is -0.447. The molecule has 150 valence electrons. The largest absolute Gasteiger partial charge is 0.350 e. The van der Waals surface area contributed by atoms with E-state index in [4.69, 9.17) is 9.47 Å². The van der Waals surface area contributed by atoms with Crippen molar-refractivity contribution in [3.05, 3.63) is 0 Å². The second-order valence-electron chi connectivity index (χ2n) is 5.86. The third-order valence-corrected chi connectivity index (χ3v) is 6.82. The van der Waals surface area contributed by atoms with E-state index in [0.29, 0.717) is 51.2 Å². The van der Waals surface area contributed by atoms with Gasteiger partial charge in [-0.15, -0.1) is 4.33 Å². The molecule has 0 aromatic heterocycles. The standard InChI is InChI=1S/C15H31NO7S2/c1-4-6-12-20-15(21-13-7-5-2)8-10-16(11-9-15)25(17,18)14-24-23-22-19-3/h4-14H2,1-3H3. The molecule has 1 aliphatic heterocycles. The monoisotopic (exact) mass is 401 g/mol. The molecule has 0 aromatic rings. The summed E-state index contributed by atoms with van der Waals surface area (Å²) in [4.78, 5) is 4.24. The lowest BCUT2D eigenvalue weighted by Gasteiger charge is -2.40. The first-order chi connectivity index (χ1) is 12.0. The van der Waals surface area contributed by atoms with Crippen LogP contribution in [0.15, 0.2) is 0 Å². The van der Waals surface area contributed by atoms with E-state index in [-0.39, 0.29) is 5.08 Å². The van der Waals surface area contributed by atoms with E-state index >= 15 is 0 Å². The van der Waals surface area contributed by atoms with E-state index in [0.717, 1.165) is 25.7 Å². The van der Waals surface area contributed by atoms with Crippen molar-refractivity contribution >= 4 is 22.1 Å². The molecule has 0 aromatic carbocycles. The molecular formula is C15H31NO7S2. The molecule has 0 atom stereocenters. The minimum atomic E-state index is -3.44. The van der Waals surface area contributed by atoms with Gasteiger partial charge in [0.05, 0.1) is 32.4 Å². The van der Waals surface area contributed by atoms with Gasteiger partial charge in [-0.1, -0.05) is 31.7 Å². The first-order valence-corrected chi connectivity index (χ1v) is 11.3. The van der Waals surface area contributed by atoms with Gasteiger partial charge in [0.2, 0.25) is 10.0 Å². The lowest BCUT2D eigenvalue weighted by atomic mass is 10.0. The fourth-order valence-corrected chi connectivity index (χ4v) is 4.52. The Bertz CT molecular complexity index is 427. The van der Waals surface area contributed by atoms with Gasteiger partial charge in [0.1, 0.15) is 5.08 Å². The summed E-state index contributed by atoms with van der Waals surface area (Å²) in [6.07, 6.45) is 5.08. The molecule has 0 N–H and O–H groups in total. The van der Waals surface area contributed by atoms with E-state index < -0.39 is 15.8 Å².